The summed E-state index contributed by atoms with van der Waals surface area (Å²) in [6.45, 7) is 2.27. The van der Waals surface area contributed by atoms with Gasteiger partial charge in [-0.3, -0.25) is 0 Å². The second kappa shape index (κ2) is 5.01. The molecule has 1 aliphatic rings. The molecular formula is C14H16N2O3. The Hall–Kier alpha value is -1.88. The van der Waals surface area contributed by atoms with Crippen LogP contribution in [0.4, 0.5) is 0 Å². The van der Waals surface area contributed by atoms with E-state index in [2.05, 4.69) is 4.98 Å². The van der Waals surface area contributed by atoms with Crippen LogP contribution in [-0.4, -0.2) is 33.8 Å². The van der Waals surface area contributed by atoms with Crippen LogP contribution in [0.25, 0.3) is 11.0 Å². The molecule has 100 valence electrons. The van der Waals surface area contributed by atoms with E-state index in [4.69, 9.17) is 9.84 Å². The number of ether oxygens (including phenoxy) is 1. The first-order chi connectivity index (χ1) is 9.24. The van der Waals surface area contributed by atoms with E-state index in [1.807, 2.05) is 4.57 Å². The van der Waals surface area contributed by atoms with Gasteiger partial charge in [0, 0.05) is 13.2 Å². The van der Waals surface area contributed by atoms with E-state index in [0.29, 0.717) is 12.1 Å². The zero-order chi connectivity index (χ0) is 13.2. The minimum atomic E-state index is -0.927. The number of hydrogen-bond donors (Lipinski definition) is 1. The number of hydrogen-bond acceptors (Lipinski definition) is 3. The molecule has 0 aliphatic heterocycles. The number of aromatic nitrogens is 2. The first kappa shape index (κ1) is 12.2. The van der Waals surface area contributed by atoms with Crippen LogP contribution in [0.2, 0.25) is 0 Å². The number of nitrogens with zero attached hydrogens (tertiary/aromatic N) is 2. The van der Waals surface area contributed by atoms with Crippen molar-refractivity contribution in [2.75, 3.05) is 13.2 Å². The Labute approximate surface area is 110 Å². The van der Waals surface area contributed by atoms with E-state index in [0.717, 1.165) is 24.6 Å². The molecule has 1 heterocycles. The third-order valence-corrected chi connectivity index (χ3v) is 3.40. The molecule has 5 nitrogen and oxygen atoms in total. The van der Waals surface area contributed by atoms with Crippen LogP contribution in [0, 0.1) is 5.92 Å². The zero-order valence-electron chi connectivity index (χ0n) is 10.6. The zero-order valence-corrected chi connectivity index (χ0v) is 10.6. The van der Waals surface area contributed by atoms with E-state index >= 15 is 0 Å². The van der Waals surface area contributed by atoms with E-state index in [1.54, 1.807) is 24.5 Å². The highest BCUT2D eigenvalue weighted by Crippen LogP contribution is 2.28. The fourth-order valence-corrected chi connectivity index (χ4v) is 2.07. The molecule has 5 heteroatoms. The van der Waals surface area contributed by atoms with Gasteiger partial charge in [-0.15, -0.1) is 0 Å². The van der Waals surface area contributed by atoms with Gasteiger partial charge in [-0.1, -0.05) is 0 Å². The molecule has 1 aliphatic carbocycles. The third kappa shape index (κ3) is 2.76. The minimum absolute atomic E-state index is 0.266. The van der Waals surface area contributed by atoms with Crippen molar-refractivity contribution in [2.45, 2.75) is 19.4 Å². The first-order valence-electron chi connectivity index (χ1n) is 6.50. The Morgan fingerprint density at radius 3 is 3.05 bits per heavy atom. The van der Waals surface area contributed by atoms with Crippen LogP contribution in [0.5, 0.6) is 0 Å². The number of benzene rings is 1. The number of imidazole rings is 1. The molecule has 0 atom stereocenters. The van der Waals surface area contributed by atoms with Crippen molar-refractivity contribution in [1.82, 2.24) is 9.55 Å². The van der Waals surface area contributed by atoms with E-state index in [-0.39, 0.29) is 5.56 Å². The van der Waals surface area contributed by atoms with Crippen molar-refractivity contribution >= 4 is 17.0 Å². The highest BCUT2D eigenvalue weighted by atomic mass is 16.5. The normalized spacial score (nSPS) is 14.9. The molecule has 0 unspecified atom stereocenters. The second-order valence-electron chi connectivity index (χ2n) is 4.96. The quantitative estimate of drug-likeness (QED) is 0.808. The maximum absolute atomic E-state index is 10.9. The molecule has 0 saturated heterocycles. The Bertz CT molecular complexity index is 602. The lowest BCUT2D eigenvalue weighted by Gasteiger charge is -2.05. The molecule has 0 spiro atoms. The Morgan fingerprint density at radius 2 is 2.32 bits per heavy atom. The van der Waals surface area contributed by atoms with Crippen molar-refractivity contribution in [3.63, 3.8) is 0 Å². The van der Waals surface area contributed by atoms with Crippen LogP contribution >= 0.6 is 0 Å². The fraction of sp³-hybridized carbons (Fsp3) is 0.429. The lowest BCUT2D eigenvalue weighted by molar-refractivity contribution is 0.0697. The maximum Gasteiger partial charge on any atom is 0.335 e. The molecule has 2 aromatic rings. The van der Waals surface area contributed by atoms with Gasteiger partial charge in [-0.25, -0.2) is 9.78 Å². The monoisotopic (exact) mass is 260 g/mol. The number of carbonyl (C=O) groups is 1. The number of rotatable bonds is 6. The summed E-state index contributed by atoms with van der Waals surface area (Å²) < 4.78 is 7.59. The van der Waals surface area contributed by atoms with Crippen LogP contribution in [0.15, 0.2) is 24.5 Å². The van der Waals surface area contributed by atoms with Gasteiger partial charge in [0.05, 0.1) is 29.5 Å². The lowest BCUT2D eigenvalue weighted by atomic mass is 10.2. The van der Waals surface area contributed by atoms with Gasteiger partial charge in [0.15, 0.2) is 0 Å². The highest BCUT2D eigenvalue weighted by molar-refractivity contribution is 5.92. The van der Waals surface area contributed by atoms with Crippen molar-refractivity contribution in [3.05, 3.63) is 30.1 Å². The van der Waals surface area contributed by atoms with E-state index < -0.39 is 5.97 Å². The van der Waals surface area contributed by atoms with E-state index in [9.17, 15) is 4.79 Å². The summed E-state index contributed by atoms with van der Waals surface area (Å²) in [4.78, 5) is 15.1. The van der Waals surface area contributed by atoms with Crippen LogP contribution < -0.4 is 0 Å². The summed E-state index contributed by atoms with van der Waals surface area (Å²) >= 11 is 0. The van der Waals surface area contributed by atoms with Crippen LogP contribution in [0.1, 0.15) is 23.2 Å². The SMILES string of the molecule is O=C(O)c1ccc2c(c1)ncn2CCOCC1CC1. The number of carboxylic acid groups (broad SMARTS) is 1. The second-order valence-corrected chi connectivity index (χ2v) is 4.96. The molecule has 1 aromatic heterocycles. The van der Waals surface area contributed by atoms with Gasteiger partial charge >= 0.3 is 5.97 Å². The van der Waals surface area contributed by atoms with Crippen LogP contribution in [-0.2, 0) is 11.3 Å². The van der Waals surface area contributed by atoms with Gasteiger partial charge in [0.25, 0.3) is 0 Å². The molecule has 0 radical (unpaired) electrons. The summed E-state index contributed by atoms with van der Waals surface area (Å²) in [6, 6.07) is 5.00. The summed E-state index contributed by atoms with van der Waals surface area (Å²) in [5, 5.41) is 8.93. The van der Waals surface area contributed by atoms with Crippen molar-refractivity contribution in [1.29, 1.82) is 0 Å². The number of aromatic carboxylic acids is 1. The lowest BCUT2D eigenvalue weighted by Crippen LogP contribution is -2.06. The number of fused-ring (bicyclic) bond motifs is 1. The van der Waals surface area contributed by atoms with Gasteiger partial charge < -0.3 is 14.4 Å². The molecule has 0 amide bonds. The van der Waals surface area contributed by atoms with Crippen molar-refractivity contribution in [3.8, 4) is 0 Å². The average molecular weight is 260 g/mol. The number of carboxylic acids is 1. The Balaban J connectivity index is 1.67. The molecule has 1 saturated carbocycles. The smallest absolute Gasteiger partial charge is 0.335 e. The topological polar surface area (TPSA) is 64.3 Å². The summed E-state index contributed by atoms with van der Waals surface area (Å²) in [6.07, 6.45) is 4.33. The minimum Gasteiger partial charge on any atom is -0.478 e. The molecular weight excluding hydrogens is 244 g/mol. The predicted octanol–water partition coefficient (Wildman–Crippen LogP) is 2.16. The van der Waals surface area contributed by atoms with Crippen LogP contribution in [0.3, 0.4) is 0 Å². The predicted molar refractivity (Wildman–Crippen MR) is 70.2 cm³/mol. The molecule has 1 fully saturated rings. The highest BCUT2D eigenvalue weighted by Gasteiger charge is 2.20. The fourth-order valence-electron chi connectivity index (χ4n) is 2.07. The maximum atomic E-state index is 10.9. The largest absolute Gasteiger partial charge is 0.478 e. The van der Waals surface area contributed by atoms with Gasteiger partial charge in [0.2, 0.25) is 0 Å². The molecule has 3 rings (SSSR count). The summed E-state index contributed by atoms with van der Waals surface area (Å²) in [5.74, 6) is -0.151. The van der Waals surface area contributed by atoms with E-state index in [1.165, 1.54) is 12.8 Å². The Kier molecular flexibility index (Phi) is 3.21. The van der Waals surface area contributed by atoms with Gasteiger partial charge in [-0.05, 0) is 37.0 Å². The van der Waals surface area contributed by atoms with Crippen molar-refractivity contribution < 1.29 is 14.6 Å². The van der Waals surface area contributed by atoms with Gasteiger partial charge in [-0.2, -0.15) is 0 Å². The molecule has 1 N–H and O–H groups in total. The molecule has 19 heavy (non-hydrogen) atoms. The standard InChI is InChI=1S/C14H16N2O3/c17-14(18)11-3-4-13-12(7-11)15-9-16(13)5-6-19-8-10-1-2-10/h3-4,7,9-10H,1-2,5-6,8H2,(H,17,18). The molecule has 0 bridgehead atoms. The summed E-state index contributed by atoms with van der Waals surface area (Å²) in [5.41, 5.74) is 1.92. The van der Waals surface area contributed by atoms with Crippen molar-refractivity contribution in [2.24, 2.45) is 5.92 Å². The van der Waals surface area contributed by atoms with Gasteiger partial charge in [0.1, 0.15) is 0 Å². The average Bonchev–Trinajstić information content (AvgIpc) is 3.14. The summed E-state index contributed by atoms with van der Waals surface area (Å²) in [7, 11) is 0. The third-order valence-electron chi connectivity index (χ3n) is 3.40. The Morgan fingerprint density at radius 1 is 1.47 bits per heavy atom. The first-order valence-corrected chi connectivity index (χ1v) is 6.50. The molecule has 1 aromatic carbocycles.